The molecular formula is C19H23N3O4. The number of hydrogen-bond acceptors (Lipinski definition) is 4. The third-order valence-electron chi connectivity index (χ3n) is 3.61. The second-order valence-electron chi connectivity index (χ2n) is 6.05. The van der Waals surface area contributed by atoms with Crippen LogP contribution in [-0.4, -0.2) is 36.1 Å². The van der Waals surface area contributed by atoms with Crippen molar-refractivity contribution in [2.75, 3.05) is 13.7 Å². The molecule has 2 aromatic rings. The van der Waals surface area contributed by atoms with Gasteiger partial charge in [-0.25, -0.2) is 0 Å². The van der Waals surface area contributed by atoms with Crippen molar-refractivity contribution in [3.63, 3.8) is 0 Å². The lowest BCUT2D eigenvalue weighted by atomic mass is 10.2. The molecule has 0 spiro atoms. The lowest BCUT2D eigenvalue weighted by Crippen LogP contribution is -2.34. The first-order chi connectivity index (χ1) is 12.4. The minimum Gasteiger partial charge on any atom is -0.497 e. The Bertz CT molecular complexity index is 825. The third kappa shape index (κ3) is 5.20. The zero-order valence-corrected chi connectivity index (χ0v) is 15.1. The summed E-state index contributed by atoms with van der Waals surface area (Å²) in [7, 11) is 1.56. The minimum atomic E-state index is -0.343. The van der Waals surface area contributed by atoms with Crippen molar-refractivity contribution in [1.29, 1.82) is 0 Å². The number of rotatable bonds is 7. The van der Waals surface area contributed by atoms with Crippen LogP contribution in [0.3, 0.4) is 0 Å². The van der Waals surface area contributed by atoms with Crippen molar-refractivity contribution in [1.82, 2.24) is 15.2 Å². The molecule has 0 radical (unpaired) electrons. The van der Waals surface area contributed by atoms with E-state index in [9.17, 15) is 14.4 Å². The van der Waals surface area contributed by atoms with Gasteiger partial charge in [-0.1, -0.05) is 0 Å². The Balaban J connectivity index is 2.07. The molecule has 26 heavy (non-hydrogen) atoms. The maximum Gasteiger partial charge on any atom is 0.255 e. The minimum absolute atomic E-state index is 0.0613. The first kappa shape index (κ1) is 19.2. The molecule has 1 aromatic heterocycles. The summed E-state index contributed by atoms with van der Waals surface area (Å²) in [4.78, 5) is 36.0. The molecule has 7 heteroatoms. The van der Waals surface area contributed by atoms with Crippen LogP contribution < -0.4 is 20.9 Å². The van der Waals surface area contributed by atoms with E-state index in [2.05, 4.69) is 10.6 Å². The Morgan fingerprint density at radius 1 is 1.12 bits per heavy atom. The monoisotopic (exact) mass is 357 g/mol. The molecule has 2 rings (SSSR count). The fraction of sp³-hybridized carbons (Fsp3) is 0.316. The molecule has 0 bridgehead atoms. The molecule has 0 saturated carbocycles. The van der Waals surface area contributed by atoms with Gasteiger partial charge < -0.3 is 15.4 Å². The summed E-state index contributed by atoms with van der Waals surface area (Å²) in [6, 6.07) is 9.81. The van der Waals surface area contributed by atoms with Crippen LogP contribution in [0, 0.1) is 0 Å². The topological polar surface area (TPSA) is 89.4 Å². The number of carbonyl (C=O) groups excluding carboxylic acids is 2. The summed E-state index contributed by atoms with van der Waals surface area (Å²) in [5, 5.41) is 5.44. The summed E-state index contributed by atoms with van der Waals surface area (Å²) >= 11 is 0. The van der Waals surface area contributed by atoms with Gasteiger partial charge in [-0.2, -0.15) is 0 Å². The third-order valence-corrected chi connectivity index (χ3v) is 3.61. The smallest absolute Gasteiger partial charge is 0.255 e. The highest BCUT2D eigenvalue weighted by atomic mass is 16.5. The maximum absolute atomic E-state index is 12.3. The van der Waals surface area contributed by atoms with Crippen LogP contribution in [0.15, 0.2) is 47.4 Å². The lowest BCUT2D eigenvalue weighted by Gasteiger charge is -2.10. The van der Waals surface area contributed by atoms with E-state index in [-0.39, 0.29) is 36.4 Å². The van der Waals surface area contributed by atoms with Gasteiger partial charge in [-0.3, -0.25) is 19.0 Å². The van der Waals surface area contributed by atoms with E-state index in [0.717, 1.165) is 0 Å². The van der Waals surface area contributed by atoms with Crippen molar-refractivity contribution >= 4 is 11.8 Å². The summed E-state index contributed by atoms with van der Waals surface area (Å²) in [6.45, 7) is 3.97. The molecule has 0 aliphatic heterocycles. The van der Waals surface area contributed by atoms with Gasteiger partial charge in [-0.15, -0.1) is 0 Å². The van der Waals surface area contributed by atoms with Crippen molar-refractivity contribution in [2.45, 2.75) is 26.3 Å². The highest BCUT2D eigenvalue weighted by molar-refractivity contribution is 5.94. The van der Waals surface area contributed by atoms with E-state index in [1.165, 1.54) is 22.9 Å². The average molecular weight is 357 g/mol. The van der Waals surface area contributed by atoms with Crippen LogP contribution >= 0.6 is 0 Å². The number of pyridine rings is 1. The lowest BCUT2D eigenvalue weighted by molar-refractivity contribution is -0.121. The molecule has 7 nitrogen and oxygen atoms in total. The van der Waals surface area contributed by atoms with Crippen LogP contribution in [0.1, 0.15) is 30.6 Å². The van der Waals surface area contributed by atoms with E-state index in [1.54, 1.807) is 31.4 Å². The van der Waals surface area contributed by atoms with Gasteiger partial charge in [0.05, 0.1) is 12.7 Å². The highest BCUT2D eigenvalue weighted by Gasteiger charge is 2.10. The average Bonchev–Trinajstić information content (AvgIpc) is 2.61. The number of hydrogen-bond donors (Lipinski definition) is 2. The molecule has 1 heterocycles. The Hall–Kier alpha value is -3.09. The predicted molar refractivity (Wildman–Crippen MR) is 98.8 cm³/mol. The Morgan fingerprint density at radius 2 is 1.81 bits per heavy atom. The summed E-state index contributed by atoms with van der Waals surface area (Å²) in [6.07, 6.45) is 1.68. The number of carbonyl (C=O) groups is 2. The van der Waals surface area contributed by atoms with Gasteiger partial charge in [-0.05, 0) is 44.2 Å². The molecule has 2 N–H and O–H groups in total. The molecule has 0 aliphatic rings. The van der Waals surface area contributed by atoms with Crippen LogP contribution in [0.25, 0.3) is 5.69 Å². The molecule has 138 valence electrons. The maximum atomic E-state index is 12.3. The van der Waals surface area contributed by atoms with Crippen molar-refractivity contribution in [3.8, 4) is 11.4 Å². The zero-order valence-electron chi connectivity index (χ0n) is 15.1. The summed E-state index contributed by atoms with van der Waals surface area (Å²) < 4.78 is 6.49. The van der Waals surface area contributed by atoms with E-state index < -0.39 is 0 Å². The van der Waals surface area contributed by atoms with E-state index in [4.69, 9.17) is 4.74 Å². The molecule has 0 saturated heterocycles. The van der Waals surface area contributed by atoms with Gasteiger partial charge in [0.2, 0.25) is 5.91 Å². The van der Waals surface area contributed by atoms with Crippen LogP contribution in [0.2, 0.25) is 0 Å². The van der Waals surface area contributed by atoms with Gasteiger partial charge in [0.25, 0.3) is 11.5 Å². The quantitative estimate of drug-likeness (QED) is 0.786. The van der Waals surface area contributed by atoms with E-state index in [0.29, 0.717) is 17.0 Å². The van der Waals surface area contributed by atoms with Crippen LogP contribution in [0.5, 0.6) is 5.75 Å². The molecule has 2 amide bonds. The first-order valence-corrected chi connectivity index (χ1v) is 8.35. The Kier molecular flexibility index (Phi) is 6.54. The summed E-state index contributed by atoms with van der Waals surface area (Å²) in [5.74, 6) is 0.212. The molecule has 0 unspecified atom stereocenters. The SMILES string of the molecule is COc1ccc(-n2cc(C(=O)NCCC(=O)NC(C)C)ccc2=O)cc1. The second-order valence-corrected chi connectivity index (χ2v) is 6.05. The molecule has 0 fully saturated rings. The van der Waals surface area contributed by atoms with Gasteiger partial charge in [0.1, 0.15) is 5.75 Å². The molecule has 0 atom stereocenters. The number of nitrogens with zero attached hydrogens (tertiary/aromatic N) is 1. The van der Waals surface area contributed by atoms with E-state index >= 15 is 0 Å². The van der Waals surface area contributed by atoms with Crippen molar-refractivity contribution in [2.24, 2.45) is 0 Å². The van der Waals surface area contributed by atoms with E-state index in [1.807, 2.05) is 13.8 Å². The first-order valence-electron chi connectivity index (χ1n) is 8.35. The molecular weight excluding hydrogens is 334 g/mol. The number of amides is 2. The Morgan fingerprint density at radius 3 is 2.42 bits per heavy atom. The number of ether oxygens (including phenoxy) is 1. The number of nitrogens with one attached hydrogen (secondary N) is 2. The van der Waals surface area contributed by atoms with Crippen LogP contribution in [-0.2, 0) is 4.79 Å². The second kappa shape index (κ2) is 8.84. The fourth-order valence-electron chi connectivity index (χ4n) is 2.35. The summed E-state index contributed by atoms with van der Waals surface area (Å²) in [5.41, 5.74) is 0.717. The Labute approximate surface area is 152 Å². The van der Waals surface area contributed by atoms with Crippen molar-refractivity contribution in [3.05, 3.63) is 58.5 Å². The van der Waals surface area contributed by atoms with Gasteiger partial charge in [0, 0.05) is 37.0 Å². The highest BCUT2D eigenvalue weighted by Crippen LogP contribution is 2.14. The fourth-order valence-corrected chi connectivity index (χ4v) is 2.35. The number of benzene rings is 1. The predicted octanol–water partition coefficient (Wildman–Crippen LogP) is 1.49. The number of methoxy groups -OCH3 is 1. The van der Waals surface area contributed by atoms with Gasteiger partial charge >= 0.3 is 0 Å². The van der Waals surface area contributed by atoms with Crippen molar-refractivity contribution < 1.29 is 14.3 Å². The van der Waals surface area contributed by atoms with Crippen LogP contribution in [0.4, 0.5) is 0 Å². The van der Waals surface area contributed by atoms with Gasteiger partial charge in [0.15, 0.2) is 0 Å². The largest absolute Gasteiger partial charge is 0.497 e. The number of aromatic nitrogens is 1. The standard InChI is InChI=1S/C19H23N3O4/c1-13(2)21-17(23)10-11-20-19(25)14-4-9-18(24)22(12-14)15-5-7-16(26-3)8-6-15/h4-9,12-13H,10-11H2,1-3H3,(H,20,25)(H,21,23). The molecule has 0 aliphatic carbocycles. The normalized spacial score (nSPS) is 10.5. The zero-order chi connectivity index (χ0) is 19.1. The molecule has 1 aromatic carbocycles.